The molecule has 0 bridgehead atoms. The summed E-state index contributed by atoms with van der Waals surface area (Å²) in [5.41, 5.74) is 5.58. The number of hydrogen-bond donors (Lipinski definition) is 1. The van der Waals surface area contributed by atoms with Crippen LogP contribution >= 0.6 is 0 Å². The van der Waals surface area contributed by atoms with Gasteiger partial charge in [-0.3, -0.25) is 13.9 Å². The molecule has 11 nitrogen and oxygen atoms in total. The van der Waals surface area contributed by atoms with Gasteiger partial charge in [-0.05, 0) is 24.0 Å². The zero-order chi connectivity index (χ0) is 34.1. The molecule has 1 N–H and O–H groups in total. The highest BCUT2D eigenvalue weighted by atomic mass is 32.2. The van der Waals surface area contributed by atoms with E-state index in [1.54, 1.807) is 0 Å². The lowest BCUT2D eigenvalue weighted by atomic mass is 10.1. The molecule has 5 aromatic rings. The molecule has 1 aliphatic rings. The predicted octanol–water partition coefficient (Wildman–Crippen LogP) is 5.38. The van der Waals surface area contributed by atoms with Crippen LogP contribution in [0.2, 0.25) is 0 Å². The van der Waals surface area contributed by atoms with Crippen LogP contribution in [0.1, 0.15) is 35.4 Å². The van der Waals surface area contributed by atoms with E-state index >= 15 is 0 Å². The molecule has 1 saturated heterocycles. The van der Waals surface area contributed by atoms with Crippen molar-refractivity contribution in [3.8, 4) is 17.1 Å². The molecule has 2 aromatic heterocycles. The van der Waals surface area contributed by atoms with Gasteiger partial charge in [-0.25, -0.2) is 14.8 Å². The lowest BCUT2D eigenvalue weighted by molar-refractivity contribution is 0.0362. The Morgan fingerprint density at radius 2 is 1.41 bits per heavy atom. The van der Waals surface area contributed by atoms with Crippen molar-refractivity contribution in [2.45, 2.75) is 25.7 Å². The van der Waals surface area contributed by atoms with Gasteiger partial charge in [0.25, 0.3) is 10.1 Å². The zero-order valence-electron chi connectivity index (χ0n) is 27.4. The van der Waals surface area contributed by atoms with Gasteiger partial charge in [0.05, 0.1) is 30.4 Å². The van der Waals surface area contributed by atoms with Gasteiger partial charge in [-0.1, -0.05) is 91.0 Å². The van der Waals surface area contributed by atoms with Crippen LogP contribution in [0.15, 0.2) is 97.2 Å². The van der Waals surface area contributed by atoms with Gasteiger partial charge >= 0.3 is 6.09 Å². The van der Waals surface area contributed by atoms with Crippen molar-refractivity contribution in [3.63, 3.8) is 0 Å². The Morgan fingerprint density at radius 1 is 0.816 bits per heavy atom. The number of rotatable bonds is 14. The third-order valence-corrected chi connectivity index (χ3v) is 9.28. The van der Waals surface area contributed by atoms with Gasteiger partial charge in [-0.15, -0.1) is 0 Å². The summed E-state index contributed by atoms with van der Waals surface area (Å²) in [7, 11) is -4.19. The van der Waals surface area contributed by atoms with Gasteiger partial charge < -0.3 is 14.4 Å². The Morgan fingerprint density at radius 3 is 2.04 bits per heavy atom. The average molecular weight is 684 g/mol. The largest absolute Gasteiger partial charge is 0.416 e. The first-order valence-corrected chi connectivity index (χ1v) is 18.2. The molecular weight excluding hydrogens is 643 g/mol. The van der Waals surface area contributed by atoms with Crippen molar-refractivity contribution >= 4 is 21.9 Å². The number of imidazole rings is 1. The molecule has 1 amide bonds. The normalized spacial score (nSPS) is 13.8. The molecular formula is C37H41N5O6S. The summed E-state index contributed by atoms with van der Waals surface area (Å²) in [5, 5.41) is 0. The number of carbonyl (C=O) groups excluding carboxylic acids is 1. The van der Waals surface area contributed by atoms with E-state index in [9.17, 15) is 17.8 Å². The van der Waals surface area contributed by atoms with Crippen molar-refractivity contribution in [3.05, 3.63) is 120 Å². The molecule has 3 aromatic carbocycles. The molecule has 3 heterocycles. The number of nitrogens with zero attached hydrogens (tertiary/aromatic N) is 5. The summed E-state index contributed by atoms with van der Waals surface area (Å²) in [4.78, 5) is 27.9. The van der Waals surface area contributed by atoms with Gasteiger partial charge in [0, 0.05) is 57.3 Å². The van der Waals surface area contributed by atoms with E-state index in [2.05, 4.69) is 4.90 Å². The molecule has 1 fully saturated rings. The number of aromatic nitrogens is 3. The highest BCUT2D eigenvalue weighted by Gasteiger charge is 2.25. The molecule has 256 valence electrons. The number of ether oxygens (including phenoxy) is 2. The quantitative estimate of drug-likeness (QED) is 0.154. The molecule has 12 heteroatoms. The van der Waals surface area contributed by atoms with Crippen LogP contribution in [-0.2, 0) is 27.7 Å². The Kier molecular flexibility index (Phi) is 11.3. The van der Waals surface area contributed by atoms with Gasteiger partial charge in [0.15, 0.2) is 5.65 Å². The number of benzene rings is 3. The summed E-state index contributed by atoms with van der Waals surface area (Å²) >= 11 is 0. The first-order valence-electron chi connectivity index (χ1n) is 16.6. The second kappa shape index (κ2) is 16.2. The van der Waals surface area contributed by atoms with Gasteiger partial charge in [-0.2, -0.15) is 8.42 Å². The Labute approximate surface area is 286 Å². The van der Waals surface area contributed by atoms with Crippen LogP contribution in [-0.4, -0.2) is 94.9 Å². The topological polar surface area (TPSA) is 127 Å². The summed E-state index contributed by atoms with van der Waals surface area (Å²) in [6, 6.07) is 29.7. The minimum atomic E-state index is -4.19. The van der Waals surface area contributed by atoms with Crippen molar-refractivity contribution in [1.29, 1.82) is 0 Å². The highest BCUT2D eigenvalue weighted by molar-refractivity contribution is 7.85. The highest BCUT2D eigenvalue weighted by Crippen LogP contribution is 2.30. The maximum atomic E-state index is 14.0. The van der Waals surface area contributed by atoms with Crippen LogP contribution in [0.3, 0.4) is 0 Å². The van der Waals surface area contributed by atoms with E-state index in [0.717, 1.165) is 42.0 Å². The molecule has 0 spiro atoms. The van der Waals surface area contributed by atoms with Gasteiger partial charge in [0.2, 0.25) is 5.88 Å². The fraction of sp³-hybridized carbons (Fsp3) is 0.324. The fourth-order valence-corrected chi connectivity index (χ4v) is 6.49. The van der Waals surface area contributed by atoms with Crippen molar-refractivity contribution < 1.29 is 27.2 Å². The van der Waals surface area contributed by atoms with Crippen molar-refractivity contribution in [2.75, 3.05) is 51.7 Å². The van der Waals surface area contributed by atoms with Crippen LogP contribution in [0.5, 0.6) is 5.88 Å². The maximum Gasteiger partial charge on any atom is 0.416 e. The molecule has 6 rings (SSSR count). The lowest BCUT2D eigenvalue weighted by Gasteiger charge is -2.28. The maximum absolute atomic E-state index is 14.0. The summed E-state index contributed by atoms with van der Waals surface area (Å²) in [5.74, 6) is -0.171. The second-order valence-corrected chi connectivity index (χ2v) is 13.7. The minimum absolute atomic E-state index is 0.0683. The molecule has 1 aliphatic heterocycles. The first kappa shape index (κ1) is 34.3. The summed E-state index contributed by atoms with van der Waals surface area (Å²) in [6.45, 7) is 4.19. The zero-order valence-corrected chi connectivity index (χ0v) is 28.2. The number of carbonyl (C=O) groups is 1. The van der Waals surface area contributed by atoms with Crippen LogP contribution in [0, 0.1) is 0 Å². The Hall–Kier alpha value is -4.62. The number of morpholine rings is 1. The Bertz CT molecular complexity index is 1930. The summed E-state index contributed by atoms with van der Waals surface area (Å²) < 4.78 is 46.0. The smallest absolute Gasteiger partial charge is 0.391 e. The van der Waals surface area contributed by atoms with Crippen LogP contribution in [0.4, 0.5) is 4.79 Å². The third-order valence-electron chi connectivity index (χ3n) is 8.48. The molecule has 0 atom stereocenters. The molecule has 0 aliphatic carbocycles. The first-order chi connectivity index (χ1) is 23.8. The number of amides is 1. The van der Waals surface area contributed by atoms with Crippen molar-refractivity contribution in [2.24, 2.45) is 0 Å². The average Bonchev–Trinajstić information content (AvgIpc) is 3.45. The van der Waals surface area contributed by atoms with E-state index in [0.29, 0.717) is 56.1 Å². The molecule has 49 heavy (non-hydrogen) atoms. The van der Waals surface area contributed by atoms with Gasteiger partial charge in [0.1, 0.15) is 5.69 Å². The van der Waals surface area contributed by atoms with Crippen LogP contribution < -0.4 is 4.74 Å². The van der Waals surface area contributed by atoms with Crippen LogP contribution in [0.25, 0.3) is 16.9 Å². The third kappa shape index (κ3) is 9.51. The molecule has 0 saturated carbocycles. The molecule has 0 radical (unpaired) electrons. The Balaban J connectivity index is 1.37. The van der Waals surface area contributed by atoms with E-state index in [1.165, 1.54) is 4.90 Å². The monoisotopic (exact) mass is 683 g/mol. The summed E-state index contributed by atoms with van der Waals surface area (Å²) in [6.07, 6.45) is 2.90. The number of hydrogen-bond acceptors (Lipinski definition) is 8. The van der Waals surface area contributed by atoms with E-state index in [-0.39, 0.29) is 18.8 Å². The fourth-order valence-electron chi connectivity index (χ4n) is 5.99. The predicted molar refractivity (Wildman–Crippen MR) is 187 cm³/mol. The molecule has 0 unspecified atom stereocenters. The second-order valence-electron chi connectivity index (χ2n) is 12.1. The standard InChI is InChI=1S/C37H41N5O6S/c43-37(41(20-11-25-49(44,45)46)19-10-18-40-21-23-47-24-22-40)48-36-33(27-30-14-6-2-7-15-30)39-35-32(26-29-12-4-1-5-13-29)38-34(28-42(35)36)31-16-8-3-9-17-31/h1-9,12-17,28H,10-11,18-27H2,(H,44,45,46). The van der Waals surface area contributed by atoms with E-state index in [1.807, 2.05) is 102 Å². The lowest BCUT2D eigenvalue weighted by Crippen LogP contribution is -2.40. The van der Waals surface area contributed by atoms with E-state index < -0.39 is 22.0 Å². The number of fused-ring (bicyclic) bond motifs is 1. The van der Waals surface area contributed by atoms with Crippen molar-refractivity contribution in [1.82, 2.24) is 24.2 Å². The SMILES string of the molecule is O=C(Oc1c(Cc2ccccc2)nc2c(Cc3ccccc3)nc(-c3ccccc3)cn12)N(CCCN1CCOCC1)CCCS(=O)(=O)O. The van der Waals surface area contributed by atoms with E-state index in [4.69, 9.17) is 19.4 Å². The minimum Gasteiger partial charge on any atom is -0.391 e.